The van der Waals surface area contributed by atoms with Crippen molar-refractivity contribution in [1.82, 2.24) is 0 Å². The van der Waals surface area contributed by atoms with E-state index in [-0.39, 0.29) is 31.1 Å². The first-order chi connectivity index (χ1) is 36.5. The van der Waals surface area contributed by atoms with Gasteiger partial charge < -0.3 is 14.2 Å². The number of ether oxygens (including phenoxy) is 3. The van der Waals surface area contributed by atoms with Gasteiger partial charge in [0, 0.05) is 19.3 Å². The first kappa shape index (κ1) is 70.8. The molecule has 0 rings (SSSR count). The fourth-order valence-corrected chi connectivity index (χ4v) is 9.17. The van der Waals surface area contributed by atoms with Gasteiger partial charge in [-0.15, -0.1) is 0 Å². The highest BCUT2D eigenvalue weighted by atomic mass is 16.6. The molecule has 0 N–H and O–H groups in total. The fourth-order valence-electron chi connectivity index (χ4n) is 9.17. The molecular weight excluding hydrogens is 913 g/mol. The first-order valence-corrected chi connectivity index (χ1v) is 31.9. The Morgan fingerprint density at radius 1 is 0.284 bits per heavy atom. The molecule has 6 nitrogen and oxygen atoms in total. The van der Waals surface area contributed by atoms with Crippen LogP contribution in [0.25, 0.3) is 0 Å². The number of hydrogen-bond acceptors (Lipinski definition) is 6. The zero-order valence-electron chi connectivity index (χ0n) is 49.1. The average molecular weight is 1030 g/mol. The SMILES string of the molecule is CC/C=C\C/C=C\C/C=C\C/C=C\CCCCCCCCCCC(=O)OCC(COC(=O)CCCCCCCCCCCCCCCCCCC)OC(=O)CCCCCCCCC/C=C\C/C=C\CCCCCC. The molecule has 0 aromatic carbocycles. The zero-order chi connectivity index (χ0) is 53.6. The highest BCUT2D eigenvalue weighted by molar-refractivity contribution is 5.71. The molecule has 0 saturated heterocycles. The Morgan fingerprint density at radius 2 is 0.527 bits per heavy atom. The van der Waals surface area contributed by atoms with Gasteiger partial charge >= 0.3 is 17.9 Å². The van der Waals surface area contributed by atoms with Gasteiger partial charge in [0.05, 0.1) is 0 Å². The summed E-state index contributed by atoms with van der Waals surface area (Å²) >= 11 is 0. The van der Waals surface area contributed by atoms with Crippen LogP contribution < -0.4 is 0 Å². The maximum absolute atomic E-state index is 12.9. The summed E-state index contributed by atoms with van der Waals surface area (Å²) in [5, 5.41) is 0. The summed E-state index contributed by atoms with van der Waals surface area (Å²) in [4.78, 5) is 38.3. The number of esters is 3. The predicted molar refractivity (Wildman–Crippen MR) is 321 cm³/mol. The largest absolute Gasteiger partial charge is 0.462 e. The van der Waals surface area contributed by atoms with E-state index in [2.05, 4.69) is 93.7 Å². The van der Waals surface area contributed by atoms with Crippen LogP contribution in [-0.2, 0) is 28.6 Å². The number of carbonyl (C=O) groups is 3. The van der Waals surface area contributed by atoms with E-state index >= 15 is 0 Å². The van der Waals surface area contributed by atoms with E-state index in [0.717, 1.165) is 103 Å². The van der Waals surface area contributed by atoms with E-state index in [9.17, 15) is 14.4 Å². The second-order valence-corrected chi connectivity index (χ2v) is 21.3. The summed E-state index contributed by atoms with van der Waals surface area (Å²) in [5.41, 5.74) is 0. The molecule has 6 heteroatoms. The van der Waals surface area contributed by atoms with E-state index < -0.39 is 6.10 Å². The standard InChI is InChI=1S/C68H120O6/c1-4-7-10-13-16-19-22-25-28-31-33-34-35-38-40-43-46-49-52-55-58-61-67(70)73-64-65(63-72-66(69)60-57-54-51-48-45-42-39-36-30-27-24-21-18-15-12-9-6-3)74-68(71)62-59-56-53-50-47-44-41-37-32-29-26-23-20-17-14-11-8-5-2/h7,10,16,19-20,23,25,28-29,32-34,65H,4-6,8-9,11-15,17-18,21-22,24,26-27,30-31,35-64H2,1-3H3/b10-7-,19-16-,23-20-,28-25-,32-29-,34-33-. The van der Waals surface area contributed by atoms with Gasteiger partial charge in [-0.2, -0.15) is 0 Å². The molecule has 0 radical (unpaired) electrons. The van der Waals surface area contributed by atoms with E-state index in [1.54, 1.807) is 0 Å². The molecule has 0 aliphatic rings. The molecule has 0 fully saturated rings. The van der Waals surface area contributed by atoms with Crippen LogP contribution in [0.5, 0.6) is 0 Å². The molecule has 74 heavy (non-hydrogen) atoms. The molecule has 0 aliphatic heterocycles. The lowest BCUT2D eigenvalue weighted by molar-refractivity contribution is -0.167. The van der Waals surface area contributed by atoms with E-state index in [1.807, 2.05) is 0 Å². The molecule has 1 unspecified atom stereocenters. The van der Waals surface area contributed by atoms with Crippen molar-refractivity contribution in [3.63, 3.8) is 0 Å². The minimum Gasteiger partial charge on any atom is -0.462 e. The topological polar surface area (TPSA) is 78.9 Å². The number of unbranched alkanes of at least 4 members (excludes halogenated alkanes) is 35. The fraction of sp³-hybridized carbons (Fsp3) is 0.779. The number of rotatable bonds is 58. The molecule has 0 heterocycles. The van der Waals surface area contributed by atoms with Gasteiger partial charge in [-0.1, -0.05) is 286 Å². The summed E-state index contributed by atoms with van der Waals surface area (Å²) in [6.07, 6.45) is 80.4. The van der Waals surface area contributed by atoms with Crippen LogP contribution in [-0.4, -0.2) is 37.2 Å². The number of hydrogen-bond donors (Lipinski definition) is 0. The van der Waals surface area contributed by atoms with Gasteiger partial charge in [0.25, 0.3) is 0 Å². The number of carbonyl (C=O) groups excluding carboxylic acids is 3. The smallest absolute Gasteiger partial charge is 0.306 e. The minimum atomic E-state index is -0.783. The Labute approximate surface area is 459 Å². The monoisotopic (exact) mass is 1030 g/mol. The molecule has 0 aromatic heterocycles. The van der Waals surface area contributed by atoms with Crippen LogP contribution in [0.4, 0.5) is 0 Å². The zero-order valence-corrected chi connectivity index (χ0v) is 49.1. The molecule has 0 spiro atoms. The summed E-state index contributed by atoms with van der Waals surface area (Å²) in [7, 11) is 0. The van der Waals surface area contributed by atoms with Crippen molar-refractivity contribution in [2.24, 2.45) is 0 Å². The lowest BCUT2D eigenvalue weighted by Crippen LogP contribution is -2.30. The minimum absolute atomic E-state index is 0.0781. The van der Waals surface area contributed by atoms with Gasteiger partial charge in [0.15, 0.2) is 6.10 Å². The lowest BCUT2D eigenvalue weighted by Gasteiger charge is -2.18. The van der Waals surface area contributed by atoms with E-state index in [4.69, 9.17) is 14.2 Å². The molecule has 1 atom stereocenters. The van der Waals surface area contributed by atoms with Gasteiger partial charge in [-0.05, 0) is 89.9 Å². The quantitative estimate of drug-likeness (QED) is 0.0261. The first-order valence-electron chi connectivity index (χ1n) is 31.9. The Hall–Kier alpha value is -3.15. The van der Waals surface area contributed by atoms with Gasteiger partial charge in [0.2, 0.25) is 0 Å². The molecule has 0 amide bonds. The second-order valence-electron chi connectivity index (χ2n) is 21.3. The van der Waals surface area contributed by atoms with Crippen molar-refractivity contribution in [3.05, 3.63) is 72.9 Å². The maximum Gasteiger partial charge on any atom is 0.306 e. The lowest BCUT2D eigenvalue weighted by atomic mass is 10.0. The van der Waals surface area contributed by atoms with E-state index in [0.29, 0.717) is 19.3 Å². The van der Waals surface area contributed by atoms with Crippen LogP contribution >= 0.6 is 0 Å². The normalized spacial score (nSPS) is 12.5. The second kappa shape index (κ2) is 62.4. The van der Waals surface area contributed by atoms with Crippen LogP contribution in [0.1, 0.15) is 323 Å². The van der Waals surface area contributed by atoms with Crippen LogP contribution in [0.2, 0.25) is 0 Å². The van der Waals surface area contributed by atoms with Crippen LogP contribution in [0.15, 0.2) is 72.9 Å². The molecule has 0 bridgehead atoms. The van der Waals surface area contributed by atoms with E-state index in [1.165, 1.54) is 180 Å². The van der Waals surface area contributed by atoms with Crippen molar-refractivity contribution < 1.29 is 28.6 Å². The summed E-state index contributed by atoms with van der Waals surface area (Å²) in [6.45, 7) is 6.54. The van der Waals surface area contributed by atoms with Crippen molar-refractivity contribution in [2.45, 2.75) is 329 Å². The summed E-state index contributed by atoms with van der Waals surface area (Å²) in [5.74, 6) is -0.877. The van der Waals surface area contributed by atoms with Crippen molar-refractivity contribution in [3.8, 4) is 0 Å². The third-order valence-electron chi connectivity index (χ3n) is 13.9. The summed E-state index contributed by atoms with van der Waals surface area (Å²) in [6, 6.07) is 0. The van der Waals surface area contributed by atoms with Gasteiger partial charge in [-0.3, -0.25) is 14.4 Å². The van der Waals surface area contributed by atoms with Gasteiger partial charge in [-0.25, -0.2) is 0 Å². The predicted octanol–water partition coefficient (Wildman–Crippen LogP) is 21.7. The summed E-state index contributed by atoms with van der Waals surface area (Å²) < 4.78 is 16.9. The Bertz CT molecular complexity index is 1370. The van der Waals surface area contributed by atoms with Crippen molar-refractivity contribution >= 4 is 17.9 Å². The average Bonchev–Trinajstić information content (AvgIpc) is 3.40. The third kappa shape index (κ3) is 59.7. The maximum atomic E-state index is 12.9. The van der Waals surface area contributed by atoms with Gasteiger partial charge in [0.1, 0.15) is 13.2 Å². The van der Waals surface area contributed by atoms with Crippen LogP contribution in [0, 0.1) is 0 Å². The molecule has 0 aliphatic carbocycles. The molecule has 0 aromatic rings. The Morgan fingerprint density at radius 3 is 0.838 bits per heavy atom. The van der Waals surface area contributed by atoms with Crippen molar-refractivity contribution in [2.75, 3.05) is 13.2 Å². The number of allylic oxidation sites excluding steroid dienone is 12. The van der Waals surface area contributed by atoms with Crippen LogP contribution in [0.3, 0.4) is 0 Å². The van der Waals surface area contributed by atoms with Crippen molar-refractivity contribution in [1.29, 1.82) is 0 Å². The highest BCUT2D eigenvalue weighted by Crippen LogP contribution is 2.17. The molecular formula is C68H120O6. The Kier molecular flexibility index (Phi) is 59.7. The third-order valence-corrected chi connectivity index (χ3v) is 13.9. The molecule has 0 saturated carbocycles. The highest BCUT2D eigenvalue weighted by Gasteiger charge is 2.19. The molecule has 428 valence electrons. The Balaban J connectivity index is 4.38.